The summed E-state index contributed by atoms with van der Waals surface area (Å²) in [5.74, 6) is 0. The molecule has 1 heteroatoms. The zero-order chi connectivity index (χ0) is 9.68. The molecule has 0 aromatic heterocycles. The van der Waals surface area contributed by atoms with Gasteiger partial charge in [0, 0.05) is 6.04 Å². The van der Waals surface area contributed by atoms with Crippen molar-refractivity contribution < 1.29 is 0 Å². The Labute approximate surface area is 81.9 Å². The second-order valence-electron chi connectivity index (χ2n) is 4.21. The Kier molecular flexibility index (Phi) is 4.23. The van der Waals surface area contributed by atoms with Crippen molar-refractivity contribution in [3.63, 3.8) is 0 Å². The van der Waals surface area contributed by atoms with Crippen molar-refractivity contribution in [1.82, 2.24) is 5.32 Å². The highest BCUT2D eigenvalue weighted by Gasteiger charge is 2.10. The van der Waals surface area contributed by atoms with E-state index in [-0.39, 0.29) is 0 Å². The SMILES string of the molecule is C=C(C)C[C@H]1C/C(C)=C\CCCN1. The average molecular weight is 179 g/mol. The van der Waals surface area contributed by atoms with Crippen LogP contribution in [-0.2, 0) is 0 Å². The molecule has 0 saturated heterocycles. The van der Waals surface area contributed by atoms with Crippen molar-refractivity contribution >= 4 is 0 Å². The Morgan fingerprint density at radius 1 is 1.69 bits per heavy atom. The number of hydrogen-bond donors (Lipinski definition) is 1. The van der Waals surface area contributed by atoms with Gasteiger partial charge in [0.25, 0.3) is 0 Å². The maximum absolute atomic E-state index is 3.97. The Balaban J connectivity index is 2.47. The highest BCUT2D eigenvalue weighted by Crippen LogP contribution is 2.14. The molecule has 1 rings (SSSR count). The van der Waals surface area contributed by atoms with Crippen LogP contribution >= 0.6 is 0 Å². The first-order valence-corrected chi connectivity index (χ1v) is 5.22. The quantitative estimate of drug-likeness (QED) is 0.642. The lowest BCUT2D eigenvalue weighted by molar-refractivity contribution is 0.487. The van der Waals surface area contributed by atoms with Crippen LogP contribution in [0.4, 0.5) is 0 Å². The molecule has 1 N–H and O–H groups in total. The highest BCUT2D eigenvalue weighted by atomic mass is 14.9. The Hall–Kier alpha value is -0.560. The van der Waals surface area contributed by atoms with Crippen LogP contribution in [0.2, 0.25) is 0 Å². The van der Waals surface area contributed by atoms with Crippen LogP contribution < -0.4 is 5.32 Å². The van der Waals surface area contributed by atoms with E-state index >= 15 is 0 Å². The third kappa shape index (κ3) is 4.28. The molecule has 0 saturated carbocycles. The number of hydrogen-bond acceptors (Lipinski definition) is 1. The zero-order valence-corrected chi connectivity index (χ0v) is 8.90. The maximum atomic E-state index is 3.97. The van der Waals surface area contributed by atoms with Gasteiger partial charge in [0.05, 0.1) is 0 Å². The van der Waals surface area contributed by atoms with Crippen LogP contribution in [0.3, 0.4) is 0 Å². The van der Waals surface area contributed by atoms with E-state index in [2.05, 4.69) is 31.8 Å². The molecule has 74 valence electrons. The average Bonchev–Trinajstić information content (AvgIpc) is 1.98. The molecule has 1 aliphatic heterocycles. The van der Waals surface area contributed by atoms with Gasteiger partial charge in [-0.3, -0.25) is 0 Å². The summed E-state index contributed by atoms with van der Waals surface area (Å²) in [6.45, 7) is 9.47. The van der Waals surface area contributed by atoms with Crippen LogP contribution in [0.5, 0.6) is 0 Å². The first-order valence-electron chi connectivity index (χ1n) is 5.22. The number of allylic oxidation sites excluding steroid dienone is 1. The molecular formula is C12H21N. The lowest BCUT2D eigenvalue weighted by Crippen LogP contribution is -2.31. The van der Waals surface area contributed by atoms with E-state index < -0.39 is 0 Å². The van der Waals surface area contributed by atoms with E-state index in [4.69, 9.17) is 0 Å². The highest BCUT2D eigenvalue weighted by molar-refractivity contribution is 5.05. The normalized spacial score (nSPS) is 28.5. The summed E-state index contributed by atoms with van der Waals surface area (Å²) >= 11 is 0. The molecule has 0 radical (unpaired) electrons. The minimum atomic E-state index is 0.619. The van der Waals surface area contributed by atoms with E-state index in [1.165, 1.54) is 30.4 Å². The summed E-state index contributed by atoms with van der Waals surface area (Å²) in [5, 5.41) is 3.58. The fourth-order valence-corrected chi connectivity index (χ4v) is 1.87. The predicted octanol–water partition coefficient (Wildman–Crippen LogP) is 3.04. The molecule has 0 amide bonds. The van der Waals surface area contributed by atoms with Crippen LogP contribution in [0.1, 0.15) is 39.5 Å². The topological polar surface area (TPSA) is 12.0 Å². The minimum Gasteiger partial charge on any atom is -0.313 e. The van der Waals surface area contributed by atoms with Gasteiger partial charge in [-0.1, -0.05) is 17.2 Å². The summed E-state index contributed by atoms with van der Waals surface area (Å²) in [4.78, 5) is 0. The number of rotatable bonds is 2. The third-order valence-corrected chi connectivity index (χ3v) is 2.47. The van der Waals surface area contributed by atoms with Gasteiger partial charge in [0.2, 0.25) is 0 Å². The van der Waals surface area contributed by atoms with E-state index in [1.807, 2.05) is 0 Å². The smallest absolute Gasteiger partial charge is 0.0141 e. The van der Waals surface area contributed by atoms with Gasteiger partial charge in [-0.15, -0.1) is 6.58 Å². The fraction of sp³-hybridized carbons (Fsp3) is 0.667. The van der Waals surface area contributed by atoms with Gasteiger partial charge in [-0.25, -0.2) is 0 Å². The van der Waals surface area contributed by atoms with Crippen molar-refractivity contribution in [2.45, 2.75) is 45.6 Å². The molecule has 13 heavy (non-hydrogen) atoms. The van der Waals surface area contributed by atoms with Crippen LogP contribution in [0.15, 0.2) is 23.8 Å². The Morgan fingerprint density at radius 3 is 3.15 bits per heavy atom. The van der Waals surface area contributed by atoms with Crippen molar-refractivity contribution in [2.75, 3.05) is 6.54 Å². The van der Waals surface area contributed by atoms with Gasteiger partial charge in [-0.2, -0.15) is 0 Å². The van der Waals surface area contributed by atoms with Gasteiger partial charge < -0.3 is 5.32 Å². The summed E-state index contributed by atoms with van der Waals surface area (Å²) in [5.41, 5.74) is 2.81. The van der Waals surface area contributed by atoms with Crippen molar-refractivity contribution in [2.24, 2.45) is 0 Å². The van der Waals surface area contributed by atoms with E-state index in [1.54, 1.807) is 0 Å². The summed E-state index contributed by atoms with van der Waals surface area (Å²) < 4.78 is 0. The summed E-state index contributed by atoms with van der Waals surface area (Å²) in [6, 6.07) is 0.619. The standard InChI is InChI=1S/C12H21N/c1-10(2)8-12-9-11(3)6-4-5-7-13-12/h6,12-13H,1,4-5,7-9H2,2-3H3/b11-6-/t12-/m0/s1. The lowest BCUT2D eigenvalue weighted by atomic mass is 9.98. The fourth-order valence-electron chi connectivity index (χ4n) is 1.87. The Bertz CT molecular complexity index is 203. The zero-order valence-electron chi connectivity index (χ0n) is 8.90. The molecule has 1 nitrogen and oxygen atoms in total. The molecule has 1 heterocycles. The molecule has 0 aliphatic carbocycles. The van der Waals surface area contributed by atoms with Gasteiger partial charge in [-0.05, 0) is 46.1 Å². The molecule has 0 fully saturated rings. The van der Waals surface area contributed by atoms with Gasteiger partial charge in [0.15, 0.2) is 0 Å². The van der Waals surface area contributed by atoms with E-state index in [9.17, 15) is 0 Å². The van der Waals surface area contributed by atoms with E-state index in [0.717, 1.165) is 13.0 Å². The summed E-state index contributed by atoms with van der Waals surface area (Å²) in [6.07, 6.45) is 7.19. The second-order valence-corrected chi connectivity index (χ2v) is 4.21. The maximum Gasteiger partial charge on any atom is 0.0141 e. The molecular weight excluding hydrogens is 158 g/mol. The van der Waals surface area contributed by atoms with Crippen LogP contribution in [-0.4, -0.2) is 12.6 Å². The summed E-state index contributed by atoms with van der Waals surface area (Å²) in [7, 11) is 0. The number of nitrogens with one attached hydrogen (secondary N) is 1. The monoisotopic (exact) mass is 179 g/mol. The molecule has 0 aromatic carbocycles. The largest absolute Gasteiger partial charge is 0.313 e. The molecule has 0 bridgehead atoms. The van der Waals surface area contributed by atoms with Crippen molar-refractivity contribution in [1.29, 1.82) is 0 Å². The van der Waals surface area contributed by atoms with Crippen LogP contribution in [0, 0.1) is 0 Å². The van der Waals surface area contributed by atoms with Gasteiger partial charge in [0.1, 0.15) is 0 Å². The second kappa shape index (κ2) is 5.23. The van der Waals surface area contributed by atoms with Crippen LogP contribution in [0.25, 0.3) is 0 Å². The predicted molar refractivity (Wildman–Crippen MR) is 58.8 cm³/mol. The first-order chi connectivity index (χ1) is 6.18. The molecule has 0 spiro atoms. The molecule has 0 unspecified atom stereocenters. The first kappa shape index (κ1) is 10.5. The third-order valence-electron chi connectivity index (χ3n) is 2.47. The molecule has 1 aliphatic rings. The Morgan fingerprint density at radius 2 is 2.46 bits per heavy atom. The van der Waals surface area contributed by atoms with Gasteiger partial charge >= 0.3 is 0 Å². The lowest BCUT2D eigenvalue weighted by Gasteiger charge is -2.21. The van der Waals surface area contributed by atoms with E-state index in [0.29, 0.717) is 6.04 Å². The minimum absolute atomic E-state index is 0.619. The molecule has 0 aromatic rings. The molecule has 1 atom stereocenters. The van der Waals surface area contributed by atoms with Crippen molar-refractivity contribution in [3.8, 4) is 0 Å². The van der Waals surface area contributed by atoms with Crippen molar-refractivity contribution in [3.05, 3.63) is 23.8 Å².